The molecule has 0 aliphatic heterocycles. The summed E-state index contributed by atoms with van der Waals surface area (Å²) in [4.78, 5) is 0.249. The lowest BCUT2D eigenvalue weighted by atomic mass is 9.99. The van der Waals surface area contributed by atoms with E-state index < -0.39 is 21.2 Å². The van der Waals surface area contributed by atoms with Crippen LogP contribution in [0, 0.1) is 5.92 Å². The zero-order valence-corrected chi connectivity index (χ0v) is 13.0. The molecule has 1 N–H and O–H groups in total. The highest BCUT2D eigenvalue weighted by molar-refractivity contribution is 7.92. The summed E-state index contributed by atoms with van der Waals surface area (Å²) in [6, 6.07) is 17.2. The fourth-order valence-corrected chi connectivity index (χ4v) is 4.56. The fraction of sp³-hybridized carbons (Fsp3) is 0.294. The molecular formula is C17H20O3S. The van der Waals surface area contributed by atoms with E-state index in [1.54, 1.807) is 54.6 Å². The number of hydrogen-bond donors (Lipinski definition) is 1. The summed E-state index contributed by atoms with van der Waals surface area (Å²) in [6.07, 6.45) is -1.04. The van der Waals surface area contributed by atoms with Gasteiger partial charge in [-0.05, 0) is 23.6 Å². The van der Waals surface area contributed by atoms with Crippen molar-refractivity contribution in [2.75, 3.05) is 0 Å². The normalized spacial score (nSPS) is 14.9. The Balaban J connectivity index is 2.45. The van der Waals surface area contributed by atoms with Crippen LogP contribution < -0.4 is 0 Å². The quantitative estimate of drug-likeness (QED) is 0.922. The first kappa shape index (κ1) is 15.7. The average molecular weight is 304 g/mol. The third kappa shape index (κ3) is 3.34. The molecule has 0 aliphatic carbocycles. The van der Waals surface area contributed by atoms with Gasteiger partial charge in [-0.2, -0.15) is 0 Å². The maximum absolute atomic E-state index is 12.8. The summed E-state index contributed by atoms with van der Waals surface area (Å²) >= 11 is 0. The summed E-state index contributed by atoms with van der Waals surface area (Å²) in [7, 11) is -3.60. The van der Waals surface area contributed by atoms with Crippen molar-refractivity contribution in [3.8, 4) is 0 Å². The molecule has 0 aromatic heterocycles. The van der Waals surface area contributed by atoms with Gasteiger partial charge in [0.2, 0.25) is 0 Å². The minimum atomic E-state index is -3.60. The summed E-state index contributed by atoms with van der Waals surface area (Å²) in [5.41, 5.74) is 0.621. The molecule has 0 heterocycles. The standard InChI is InChI=1S/C17H20O3S/c1-13(2)17(16(18)14-9-5-3-6-10-14)21(19,20)15-11-7-4-8-12-15/h3-13,16-18H,1-2H3. The van der Waals surface area contributed by atoms with Crippen LogP contribution in [0.25, 0.3) is 0 Å². The van der Waals surface area contributed by atoms with E-state index in [9.17, 15) is 13.5 Å². The Morgan fingerprint density at radius 3 is 1.81 bits per heavy atom. The average Bonchev–Trinajstić information content (AvgIpc) is 2.48. The topological polar surface area (TPSA) is 54.4 Å². The third-order valence-corrected chi connectivity index (χ3v) is 5.99. The lowest BCUT2D eigenvalue weighted by molar-refractivity contribution is 0.154. The first-order valence-electron chi connectivity index (χ1n) is 6.96. The summed E-state index contributed by atoms with van der Waals surface area (Å²) in [5, 5.41) is 9.70. The van der Waals surface area contributed by atoms with Crippen molar-refractivity contribution < 1.29 is 13.5 Å². The van der Waals surface area contributed by atoms with E-state index in [2.05, 4.69) is 0 Å². The van der Waals surface area contributed by atoms with Crippen LogP contribution in [0.4, 0.5) is 0 Å². The van der Waals surface area contributed by atoms with E-state index >= 15 is 0 Å². The van der Waals surface area contributed by atoms with Crippen molar-refractivity contribution in [3.63, 3.8) is 0 Å². The first-order valence-corrected chi connectivity index (χ1v) is 8.51. The fourth-order valence-electron chi connectivity index (χ4n) is 2.50. The minimum absolute atomic E-state index is 0.203. The van der Waals surface area contributed by atoms with Crippen molar-refractivity contribution in [1.29, 1.82) is 0 Å². The Hall–Kier alpha value is -1.65. The minimum Gasteiger partial charge on any atom is -0.387 e. The summed E-state index contributed by atoms with van der Waals surface area (Å²) < 4.78 is 25.7. The van der Waals surface area contributed by atoms with Crippen LogP contribution in [0.3, 0.4) is 0 Å². The van der Waals surface area contributed by atoms with Gasteiger partial charge in [-0.1, -0.05) is 62.4 Å². The molecule has 2 aromatic rings. The van der Waals surface area contributed by atoms with Crippen LogP contribution >= 0.6 is 0 Å². The maximum Gasteiger partial charge on any atom is 0.184 e. The highest BCUT2D eigenvalue weighted by Gasteiger charge is 2.36. The molecule has 2 atom stereocenters. The summed E-state index contributed by atoms with van der Waals surface area (Å²) in [5.74, 6) is -0.203. The van der Waals surface area contributed by atoms with Crippen LogP contribution in [0.1, 0.15) is 25.5 Å². The molecule has 21 heavy (non-hydrogen) atoms. The molecule has 0 saturated heterocycles. The van der Waals surface area contributed by atoms with Crippen molar-refractivity contribution in [3.05, 3.63) is 66.2 Å². The van der Waals surface area contributed by atoms with Gasteiger partial charge in [0.1, 0.15) is 0 Å². The monoisotopic (exact) mass is 304 g/mol. The lowest BCUT2D eigenvalue weighted by Crippen LogP contribution is -2.33. The number of rotatable bonds is 5. The van der Waals surface area contributed by atoms with Gasteiger partial charge in [-0.25, -0.2) is 8.42 Å². The van der Waals surface area contributed by atoms with Crippen LogP contribution in [0.2, 0.25) is 0 Å². The van der Waals surface area contributed by atoms with Crippen LogP contribution in [-0.4, -0.2) is 18.8 Å². The van der Waals surface area contributed by atoms with E-state index in [1.165, 1.54) is 0 Å². The van der Waals surface area contributed by atoms with E-state index in [0.717, 1.165) is 0 Å². The second kappa shape index (κ2) is 6.41. The highest BCUT2D eigenvalue weighted by Crippen LogP contribution is 2.31. The van der Waals surface area contributed by atoms with E-state index in [-0.39, 0.29) is 10.8 Å². The van der Waals surface area contributed by atoms with Crippen molar-refractivity contribution >= 4 is 9.84 Å². The van der Waals surface area contributed by atoms with E-state index in [4.69, 9.17) is 0 Å². The predicted molar refractivity (Wildman–Crippen MR) is 83.7 cm³/mol. The molecule has 0 aliphatic rings. The van der Waals surface area contributed by atoms with E-state index in [0.29, 0.717) is 5.56 Å². The van der Waals surface area contributed by atoms with Gasteiger partial charge in [-0.15, -0.1) is 0 Å². The van der Waals surface area contributed by atoms with Crippen molar-refractivity contribution in [2.24, 2.45) is 5.92 Å². The summed E-state index contributed by atoms with van der Waals surface area (Å²) in [6.45, 7) is 3.63. The second-order valence-corrected chi connectivity index (χ2v) is 7.53. The van der Waals surface area contributed by atoms with Gasteiger partial charge in [0.05, 0.1) is 16.2 Å². The molecule has 112 valence electrons. The van der Waals surface area contributed by atoms with Gasteiger partial charge in [0, 0.05) is 0 Å². The number of sulfone groups is 1. The Morgan fingerprint density at radius 2 is 1.33 bits per heavy atom. The molecule has 0 fully saturated rings. The maximum atomic E-state index is 12.8. The Labute approximate surface area is 126 Å². The Bertz CT molecular complexity index is 664. The molecule has 0 bridgehead atoms. The molecule has 0 radical (unpaired) electrons. The van der Waals surface area contributed by atoms with Gasteiger partial charge in [0.15, 0.2) is 9.84 Å². The lowest BCUT2D eigenvalue weighted by Gasteiger charge is -2.26. The molecule has 0 spiro atoms. The molecule has 0 saturated carbocycles. The molecule has 3 nitrogen and oxygen atoms in total. The van der Waals surface area contributed by atoms with Crippen LogP contribution in [-0.2, 0) is 9.84 Å². The van der Waals surface area contributed by atoms with Gasteiger partial charge < -0.3 is 5.11 Å². The number of hydrogen-bond acceptors (Lipinski definition) is 3. The van der Waals surface area contributed by atoms with Gasteiger partial charge >= 0.3 is 0 Å². The molecule has 2 rings (SSSR count). The van der Waals surface area contributed by atoms with Crippen LogP contribution in [0.5, 0.6) is 0 Å². The Kier molecular flexibility index (Phi) is 4.80. The zero-order chi connectivity index (χ0) is 15.5. The third-order valence-electron chi connectivity index (χ3n) is 3.54. The highest BCUT2D eigenvalue weighted by atomic mass is 32.2. The van der Waals surface area contributed by atoms with Crippen molar-refractivity contribution in [1.82, 2.24) is 0 Å². The number of aliphatic hydroxyl groups is 1. The molecule has 0 amide bonds. The SMILES string of the molecule is CC(C)C(C(O)c1ccccc1)S(=O)(=O)c1ccccc1. The molecule has 2 aromatic carbocycles. The zero-order valence-electron chi connectivity index (χ0n) is 12.2. The van der Waals surface area contributed by atoms with Gasteiger partial charge in [0.25, 0.3) is 0 Å². The van der Waals surface area contributed by atoms with E-state index in [1.807, 2.05) is 19.9 Å². The second-order valence-electron chi connectivity index (χ2n) is 5.42. The van der Waals surface area contributed by atoms with Gasteiger partial charge in [-0.3, -0.25) is 0 Å². The number of benzene rings is 2. The first-order chi connectivity index (χ1) is 9.94. The largest absolute Gasteiger partial charge is 0.387 e. The van der Waals surface area contributed by atoms with Crippen LogP contribution in [0.15, 0.2) is 65.6 Å². The smallest absolute Gasteiger partial charge is 0.184 e. The molecular weight excluding hydrogens is 284 g/mol. The Morgan fingerprint density at radius 1 is 0.857 bits per heavy atom. The molecule has 4 heteroatoms. The van der Waals surface area contributed by atoms with Crippen molar-refractivity contribution in [2.45, 2.75) is 30.1 Å². The number of aliphatic hydroxyl groups excluding tert-OH is 1. The molecule has 2 unspecified atom stereocenters. The predicted octanol–water partition coefficient (Wildman–Crippen LogP) is 3.22.